The minimum absolute atomic E-state index is 0.00429. The predicted molar refractivity (Wildman–Crippen MR) is 87.5 cm³/mol. The topological polar surface area (TPSA) is 67.2 Å². The lowest BCUT2D eigenvalue weighted by atomic mass is 10.2. The van der Waals surface area contributed by atoms with E-state index in [-0.39, 0.29) is 11.5 Å². The van der Waals surface area contributed by atoms with Gasteiger partial charge in [0.25, 0.3) is 5.56 Å². The summed E-state index contributed by atoms with van der Waals surface area (Å²) in [5.41, 5.74) is 0.352. The molecule has 1 amide bonds. The van der Waals surface area contributed by atoms with E-state index in [0.717, 1.165) is 6.42 Å². The molecule has 118 valence electrons. The SMILES string of the molecule is CCCn1ncc(NC(C)C(=O)N(CC)CC)c(Br)c1=O. The summed E-state index contributed by atoms with van der Waals surface area (Å²) in [6.07, 6.45) is 2.41. The number of aryl methyl sites for hydroxylation is 1. The normalized spacial score (nSPS) is 12.0. The lowest BCUT2D eigenvalue weighted by Crippen LogP contribution is -2.41. The molecule has 0 spiro atoms. The van der Waals surface area contributed by atoms with E-state index in [1.807, 2.05) is 20.8 Å². The van der Waals surface area contributed by atoms with E-state index in [4.69, 9.17) is 0 Å². The van der Waals surface area contributed by atoms with Crippen LogP contribution in [0.5, 0.6) is 0 Å². The van der Waals surface area contributed by atoms with E-state index < -0.39 is 6.04 Å². The molecule has 0 saturated heterocycles. The van der Waals surface area contributed by atoms with Crippen LogP contribution < -0.4 is 10.9 Å². The lowest BCUT2D eigenvalue weighted by molar-refractivity contribution is -0.131. The third kappa shape index (κ3) is 4.30. The highest BCUT2D eigenvalue weighted by atomic mass is 79.9. The zero-order valence-corrected chi connectivity index (χ0v) is 14.6. The number of carbonyl (C=O) groups excluding carboxylic acids is 1. The number of hydrogen-bond donors (Lipinski definition) is 1. The number of nitrogens with one attached hydrogen (secondary N) is 1. The van der Waals surface area contributed by atoms with Crippen molar-refractivity contribution in [2.75, 3.05) is 18.4 Å². The van der Waals surface area contributed by atoms with Crippen molar-refractivity contribution in [2.24, 2.45) is 0 Å². The van der Waals surface area contributed by atoms with Gasteiger partial charge < -0.3 is 10.2 Å². The van der Waals surface area contributed by atoms with Crippen LogP contribution in [0.4, 0.5) is 5.69 Å². The largest absolute Gasteiger partial charge is 0.372 e. The first kappa shape index (κ1) is 17.7. The van der Waals surface area contributed by atoms with Gasteiger partial charge in [0, 0.05) is 19.6 Å². The summed E-state index contributed by atoms with van der Waals surface area (Å²) in [5.74, 6) is 0.00429. The van der Waals surface area contributed by atoms with Crippen molar-refractivity contribution in [1.29, 1.82) is 0 Å². The van der Waals surface area contributed by atoms with Gasteiger partial charge >= 0.3 is 0 Å². The molecule has 6 nitrogen and oxygen atoms in total. The maximum Gasteiger partial charge on any atom is 0.283 e. The van der Waals surface area contributed by atoms with E-state index in [2.05, 4.69) is 26.3 Å². The summed E-state index contributed by atoms with van der Waals surface area (Å²) in [4.78, 5) is 26.1. The first-order valence-electron chi connectivity index (χ1n) is 7.27. The summed E-state index contributed by atoms with van der Waals surface area (Å²) < 4.78 is 1.82. The number of anilines is 1. The summed E-state index contributed by atoms with van der Waals surface area (Å²) in [6.45, 7) is 9.56. The number of carbonyl (C=O) groups is 1. The molecule has 21 heavy (non-hydrogen) atoms. The molecule has 0 saturated carbocycles. The molecule has 0 aliphatic rings. The minimum Gasteiger partial charge on any atom is -0.372 e. The fourth-order valence-electron chi connectivity index (χ4n) is 2.04. The van der Waals surface area contributed by atoms with Gasteiger partial charge in [-0.2, -0.15) is 5.10 Å². The van der Waals surface area contributed by atoms with Gasteiger partial charge in [0.2, 0.25) is 5.91 Å². The Morgan fingerprint density at radius 2 is 2.05 bits per heavy atom. The summed E-state index contributed by atoms with van der Waals surface area (Å²) in [5, 5.41) is 7.17. The predicted octanol–water partition coefficient (Wildman–Crippen LogP) is 2.08. The monoisotopic (exact) mass is 358 g/mol. The van der Waals surface area contributed by atoms with Crippen LogP contribution in [0.3, 0.4) is 0 Å². The molecule has 0 fully saturated rings. The fraction of sp³-hybridized carbons (Fsp3) is 0.643. The number of rotatable bonds is 7. The van der Waals surface area contributed by atoms with Crippen LogP contribution in [0.2, 0.25) is 0 Å². The Morgan fingerprint density at radius 1 is 1.43 bits per heavy atom. The summed E-state index contributed by atoms with van der Waals surface area (Å²) >= 11 is 3.29. The smallest absolute Gasteiger partial charge is 0.283 e. The molecular weight excluding hydrogens is 336 g/mol. The molecule has 0 radical (unpaired) electrons. The average molecular weight is 359 g/mol. The molecular formula is C14H23BrN4O2. The van der Waals surface area contributed by atoms with Gasteiger partial charge in [-0.05, 0) is 43.1 Å². The third-order valence-electron chi connectivity index (χ3n) is 3.24. The van der Waals surface area contributed by atoms with Crippen molar-refractivity contribution in [3.8, 4) is 0 Å². The highest BCUT2D eigenvalue weighted by Gasteiger charge is 2.19. The van der Waals surface area contributed by atoms with E-state index in [0.29, 0.717) is 29.8 Å². The van der Waals surface area contributed by atoms with Crippen LogP contribution in [0.25, 0.3) is 0 Å². The molecule has 0 bridgehead atoms. The fourth-order valence-corrected chi connectivity index (χ4v) is 2.46. The third-order valence-corrected chi connectivity index (χ3v) is 4.00. The second-order valence-electron chi connectivity index (χ2n) is 4.78. The van der Waals surface area contributed by atoms with Crippen LogP contribution in [-0.2, 0) is 11.3 Å². The lowest BCUT2D eigenvalue weighted by Gasteiger charge is -2.24. The van der Waals surface area contributed by atoms with Crippen LogP contribution in [0, 0.1) is 0 Å². The van der Waals surface area contributed by atoms with Crippen molar-refractivity contribution < 1.29 is 4.79 Å². The molecule has 1 atom stereocenters. The van der Waals surface area contributed by atoms with Gasteiger partial charge in [-0.1, -0.05) is 6.92 Å². The second kappa shape index (κ2) is 8.17. The van der Waals surface area contributed by atoms with Crippen LogP contribution >= 0.6 is 15.9 Å². The Balaban J connectivity index is 2.91. The van der Waals surface area contributed by atoms with Crippen molar-refractivity contribution in [2.45, 2.75) is 46.7 Å². The Bertz CT molecular complexity index is 540. The highest BCUT2D eigenvalue weighted by Crippen LogP contribution is 2.17. The van der Waals surface area contributed by atoms with Crippen LogP contribution in [-0.4, -0.2) is 39.7 Å². The maximum absolute atomic E-state index is 12.2. The Kier molecular flexibility index (Phi) is 6.87. The van der Waals surface area contributed by atoms with Crippen molar-refractivity contribution in [3.63, 3.8) is 0 Å². The second-order valence-corrected chi connectivity index (χ2v) is 5.57. The van der Waals surface area contributed by atoms with E-state index in [9.17, 15) is 9.59 Å². The molecule has 7 heteroatoms. The number of likely N-dealkylation sites (N-methyl/N-ethyl adjacent to an activating group) is 1. The average Bonchev–Trinajstić information content (AvgIpc) is 2.48. The highest BCUT2D eigenvalue weighted by molar-refractivity contribution is 9.10. The van der Waals surface area contributed by atoms with Crippen molar-refractivity contribution in [1.82, 2.24) is 14.7 Å². The number of aromatic nitrogens is 2. The number of nitrogens with zero attached hydrogens (tertiary/aromatic N) is 3. The Hall–Kier alpha value is -1.37. The van der Waals surface area contributed by atoms with Crippen molar-refractivity contribution in [3.05, 3.63) is 21.0 Å². The zero-order chi connectivity index (χ0) is 16.0. The van der Waals surface area contributed by atoms with Gasteiger partial charge in [0.1, 0.15) is 10.5 Å². The maximum atomic E-state index is 12.2. The van der Waals surface area contributed by atoms with Crippen LogP contribution in [0.15, 0.2) is 15.5 Å². The number of halogens is 1. The molecule has 1 unspecified atom stereocenters. The van der Waals surface area contributed by atoms with E-state index in [1.54, 1.807) is 18.0 Å². The number of amides is 1. The van der Waals surface area contributed by atoms with Crippen molar-refractivity contribution >= 4 is 27.5 Å². The Labute approximate surface area is 133 Å². The molecule has 0 aromatic carbocycles. The molecule has 0 aliphatic heterocycles. The number of hydrogen-bond acceptors (Lipinski definition) is 4. The van der Waals surface area contributed by atoms with Gasteiger partial charge in [-0.25, -0.2) is 4.68 Å². The minimum atomic E-state index is -0.413. The summed E-state index contributed by atoms with van der Waals surface area (Å²) in [6, 6.07) is -0.413. The van der Waals surface area contributed by atoms with E-state index >= 15 is 0 Å². The van der Waals surface area contributed by atoms with Gasteiger partial charge in [-0.3, -0.25) is 9.59 Å². The summed E-state index contributed by atoms with van der Waals surface area (Å²) in [7, 11) is 0. The quantitative estimate of drug-likeness (QED) is 0.810. The molecule has 0 aliphatic carbocycles. The van der Waals surface area contributed by atoms with Gasteiger partial charge in [0.15, 0.2) is 0 Å². The first-order chi connectivity index (χ1) is 9.96. The molecule has 1 heterocycles. The van der Waals surface area contributed by atoms with E-state index in [1.165, 1.54) is 4.68 Å². The molecule has 1 aromatic heterocycles. The van der Waals surface area contributed by atoms with Crippen LogP contribution in [0.1, 0.15) is 34.1 Å². The zero-order valence-electron chi connectivity index (χ0n) is 13.0. The molecule has 1 N–H and O–H groups in total. The Morgan fingerprint density at radius 3 is 2.57 bits per heavy atom. The van der Waals surface area contributed by atoms with Gasteiger partial charge in [-0.15, -0.1) is 0 Å². The standard InChI is InChI=1S/C14H23BrN4O2/c1-5-8-19-14(21)12(15)11(9-16-19)17-10(4)13(20)18(6-2)7-3/h9-10,17H,5-8H2,1-4H3. The molecule has 1 rings (SSSR count). The first-order valence-corrected chi connectivity index (χ1v) is 8.06. The molecule has 1 aromatic rings. The van der Waals surface area contributed by atoms with Gasteiger partial charge in [0.05, 0.1) is 11.9 Å².